The van der Waals surface area contributed by atoms with Crippen molar-refractivity contribution >= 4 is 27.3 Å². The molecule has 3 aromatic rings. The van der Waals surface area contributed by atoms with Crippen LogP contribution in [-0.2, 0) is 10.0 Å². The van der Waals surface area contributed by atoms with Gasteiger partial charge in [-0.2, -0.15) is 0 Å². The van der Waals surface area contributed by atoms with Crippen LogP contribution in [0.5, 0.6) is 17.2 Å². The van der Waals surface area contributed by atoms with E-state index in [4.69, 9.17) is 16.3 Å². The molecule has 0 unspecified atom stereocenters. The Morgan fingerprint density at radius 1 is 0.828 bits per heavy atom. The lowest BCUT2D eigenvalue weighted by Crippen LogP contribution is -2.16. The molecule has 3 rings (SSSR count). The number of benzene rings is 3. The van der Waals surface area contributed by atoms with Gasteiger partial charge >= 0.3 is 6.36 Å². The highest BCUT2D eigenvalue weighted by molar-refractivity contribution is 7.92. The summed E-state index contributed by atoms with van der Waals surface area (Å²) < 4.78 is 72.9. The maximum absolute atomic E-state index is 12.4. The Balaban J connectivity index is 1.66. The first kappa shape index (κ1) is 20.8. The van der Waals surface area contributed by atoms with Crippen LogP contribution in [0.25, 0.3) is 0 Å². The van der Waals surface area contributed by atoms with E-state index in [2.05, 4.69) is 9.46 Å². The van der Waals surface area contributed by atoms with Gasteiger partial charge in [-0.1, -0.05) is 17.7 Å². The maximum Gasteiger partial charge on any atom is 0.573 e. The summed E-state index contributed by atoms with van der Waals surface area (Å²) in [6, 6.07) is 16.7. The summed E-state index contributed by atoms with van der Waals surface area (Å²) in [6.07, 6.45) is -4.77. The molecule has 0 bridgehead atoms. The topological polar surface area (TPSA) is 64.6 Å². The number of nitrogens with one attached hydrogen (secondary N) is 1. The number of rotatable bonds is 6. The van der Waals surface area contributed by atoms with E-state index in [0.717, 1.165) is 12.1 Å². The number of hydrogen-bond donors (Lipinski definition) is 1. The Bertz CT molecular complexity index is 1090. The second-order valence-corrected chi connectivity index (χ2v) is 7.83. The molecule has 10 heteroatoms. The molecule has 29 heavy (non-hydrogen) atoms. The molecule has 0 amide bonds. The number of anilines is 1. The van der Waals surface area contributed by atoms with Crippen molar-refractivity contribution in [3.8, 4) is 17.2 Å². The van der Waals surface area contributed by atoms with Gasteiger partial charge in [-0.15, -0.1) is 13.2 Å². The van der Waals surface area contributed by atoms with Crippen LogP contribution >= 0.6 is 11.6 Å². The van der Waals surface area contributed by atoms with Gasteiger partial charge < -0.3 is 9.47 Å². The largest absolute Gasteiger partial charge is 0.573 e. The average molecular weight is 444 g/mol. The molecule has 0 spiro atoms. The smallest absolute Gasteiger partial charge is 0.457 e. The molecule has 3 aromatic carbocycles. The highest BCUT2D eigenvalue weighted by Gasteiger charge is 2.31. The summed E-state index contributed by atoms with van der Waals surface area (Å²) in [5.74, 6) is 0.280. The molecule has 0 aliphatic rings. The maximum atomic E-state index is 12.4. The van der Waals surface area contributed by atoms with Crippen molar-refractivity contribution in [1.82, 2.24) is 0 Å². The highest BCUT2D eigenvalue weighted by Crippen LogP contribution is 2.28. The van der Waals surface area contributed by atoms with Crippen molar-refractivity contribution < 1.29 is 31.1 Å². The van der Waals surface area contributed by atoms with E-state index in [9.17, 15) is 21.6 Å². The van der Waals surface area contributed by atoms with E-state index in [-0.39, 0.29) is 16.4 Å². The zero-order valence-electron chi connectivity index (χ0n) is 14.5. The van der Waals surface area contributed by atoms with Crippen LogP contribution in [0.2, 0.25) is 5.02 Å². The lowest BCUT2D eigenvalue weighted by Gasteiger charge is -2.11. The van der Waals surface area contributed by atoms with Gasteiger partial charge in [-0.3, -0.25) is 4.72 Å². The molecule has 0 radical (unpaired) electrons. The lowest BCUT2D eigenvalue weighted by atomic mass is 10.3. The summed E-state index contributed by atoms with van der Waals surface area (Å²) in [4.78, 5) is 0.0199. The minimum Gasteiger partial charge on any atom is -0.457 e. The second-order valence-electron chi connectivity index (χ2n) is 5.71. The summed E-state index contributed by atoms with van der Waals surface area (Å²) in [5, 5.41) is 0.295. The van der Waals surface area contributed by atoms with Crippen LogP contribution in [0.3, 0.4) is 0 Å². The van der Waals surface area contributed by atoms with E-state index >= 15 is 0 Å². The van der Waals surface area contributed by atoms with E-state index < -0.39 is 16.4 Å². The molecule has 5 nitrogen and oxygen atoms in total. The average Bonchev–Trinajstić information content (AvgIpc) is 2.64. The van der Waals surface area contributed by atoms with Gasteiger partial charge in [0.1, 0.15) is 17.2 Å². The molecule has 1 N–H and O–H groups in total. The first-order chi connectivity index (χ1) is 13.6. The first-order valence-corrected chi connectivity index (χ1v) is 9.89. The third-order valence-corrected chi connectivity index (χ3v) is 5.12. The lowest BCUT2D eigenvalue weighted by molar-refractivity contribution is -0.274. The Morgan fingerprint density at radius 2 is 1.38 bits per heavy atom. The minimum absolute atomic E-state index is 0.0199. The molecule has 0 atom stereocenters. The molecule has 0 saturated carbocycles. The molecular formula is C19H13ClF3NO4S. The van der Waals surface area contributed by atoms with E-state index in [1.54, 1.807) is 6.07 Å². The van der Waals surface area contributed by atoms with Gasteiger partial charge in [0.25, 0.3) is 10.0 Å². The molecule has 0 heterocycles. The zero-order valence-corrected chi connectivity index (χ0v) is 16.1. The Morgan fingerprint density at radius 3 is 1.93 bits per heavy atom. The monoisotopic (exact) mass is 443 g/mol. The van der Waals surface area contributed by atoms with E-state index in [1.165, 1.54) is 54.6 Å². The Hall–Kier alpha value is -2.91. The van der Waals surface area contributed by atoms with Gasteiger partial charge in [-0.05, 0) is 66.7 Å². The molecule has 152 valence electrons. The van der Waals surface area contributed by atoms with Crippen molar-refractivity contribution in [3.63, 3.8) is 0 Å². The second kappa shape index (κ2) is 8.22. The Kier molecular flexibility index (Phi) is 5.90. The summed E-state index contributed by atoms with van der Waals surface area (Å²) >= 11 is 5.82. The molecule has 0 aliphatic carbocycles. The first-order valence-electron chi connectivity index (χ1n) is 8.03. The predicted octanol–water partition coefficient (Wildman–Crippen LogP) is 5.83. The van der Waals surface area contributed by atoms with Crippen LogP contribution in [0, 0.1) is 0 Å². The SMILES string of the molecule is O=S(=O)(Nc1ccc(Oc2ccc(OC(F)(F)F)cc2)cc1)c1cccc(Cl)c1. The number of alkyl halides is 3. The van der Waals surface area contributed by atoms with Crippen LogP contribution < -0.4 is 14.2 Å². The van der Waals surface area contributed by atoms with Gasteiger partial charge in [0.2, 0.25) is 0 Å². The zero-order chi connectivity index (χ0) is 21.1. The van der Waals surface area contributed by atoms with Crippen LogP contribution in [0.4, 0.5) is 18.9 Å². The summed E-state index contributed by atoms with van der Waals surface area (Å²) in [5.41, 5.74) is 0.297. The standard InChI is InChI=1S/C19H13ClF3NO4S/c20-13-2-1-3-18(12-13)29(25,26)24-14-4-6-15(7-5-14)27-16-8-10-17(11-9-16)28-19(21,22)23/h1-12,24H. The van der Waals surface area contributed by atoms with Gasteiger partial charge in [0.15, 0.2) is 0 Å². The van der Waals surface area contributed by atoms with Crippen molar-refractivity contribution in [2.45, 2.75) is 11.3 Å². The van der Waals surface area contributed by atoms with Crippen LogP contribution in [-0.4, -0.2) is 14.8 Å². The van der Waals surface area contributed by atoms with Gasteiger partial charge in [-0.25, -0.2) is 8.42 Å². The normalized spacial score (nSPS) is 11.7. The third-order valence-electron chi connectivity index (χ3n) is 3.51. The quantitative estimate of drug-likeness (QED) is 0.520. The highest BCUT2D eigenvalue weighted by atomic mass is 35.5. The van der Waals surface area contributed by atoms with E-state index in [1.807, 2.05) is 0 Å². The summed E-state index contributed by atoms with van der Waals surface area (Å²) in [6.45, 7) is 0. The molecule has 0 aliphatic heterocycles. The fourth-order valence-corrected chi connectivity index (χ4v) is 3.64. The van der Waals surface area contributed by atoms with Crippen LogP contribution in [0.15, 0.2) is 77.7 Å². The van der Waals surface area contributed by atoms with Crippen molar-refractivity contribution in [2.75, 3.05) is 4.72 Å². The summed E-state index contributed by atoms with van der Waals surface area (Å²) in [7, 11) is -3.81. The van der Waals surface area contributed by atoms with Gasteiger partial charge in [0.05, 0.1) is 4.90 Å². The minimum atomic E-state index is -4.77. The fourth-order valence-electron chi connectivity index (χ4n) is 2.28. The fraction of sp³-hybridized carbons (Fsp3) is 0.0526. The number of ether oxygens (including phenoxy) is 2. The van der Waals surface area contributed by atoms with Crippen LogP contribution in [0.1, 0.15) is 0 Å². The van der Waals surface area contributed by atoms with Crippen molar-refractivity contribution in [1.29, 1.82) is 0 Å². The van der Waals surface area contributed by atoms with E-state index in [0.29, 0.717) is 16.5 Å². The van der Waals surface area contributed by atoms with Crippen molar-refractivity contribution in [3.05, 3.63) is 77.8 Å². The molecular weight excluding hydrogens is 431 g/mol. The number of halogens is 4. The molecule has 0 aromatic heterocycles. The predicted molar refractivity (Wildman–Crippen MR) is 102 cm³/mol. The number of hydrogen-bond acceptors (Lipinski definition) is 4. The van der Waals surface area contributed by atoms with Gasteiger partial charge in [0, 0.05) is 10.7 Å². The molecule has 0 saturated heterocycles. The van der Waals surface area contributed by atoms with Crippen molar-refractivity contribution in [2.24, 2.45) is 0 Å². The molecule has 0 fully saturated rings. The number of sulfonamides is 1. The Labute approximate surface area is 169 Å². The third kappa shape index (κ3) is 6.03.